The van der Waals surface area contributed by atoms with Crippen molar-refractivity contribution in [2.45, 2.75) is 37.1 Å². The average Bonchev–Trinajstić information content (AvgIpc) is 3.01. The van der Waals surface area contributed by atoms with E-state index in [2.05, 4.69) is 34.7 Å². The molecule has 0 radical (unpaired) electrons. The van der Waals surface area contributed by atoms with Crippen molar-refractivity contribution >= 4 is 40.1 Å². The first-order valence-corrected chi connectivity index (χ1v) is 10.4. The quantitative estimate of drug-likeness (QED) is 0.718. The van der Waals surface area contributed by atoms with E-state index in [1.807, 2.05) is 17.8 Å². The van der Waals surface area contributed by atoms with Crippen LogP contribution in [0.15, 0.2) is 17.3 Å². The Bertz CT molecular complexity index is 692. The molecule has 1 aromatic heterocycles. The summed E-state index contributed by atoms with van der Waals surface area (Å²) in [4.78, 5) is 13.0. The Kier molecular flexibility index (Phi) is 6.49. The van der Waals surface area contributed by atoms with Crippen molar-refractivity contribution in [3.05, 3.63) is 17.2 Å². The van der Waals surface area contributed by atoms with Gasteiger partial charge in [0.25, 0.3) is 0 Å². The monoisotopic (exact) mass is 381 g/mol. The molecule has 1 aromatic carbocycles. The van der Waals surface area contributed by atoms with E-state index in [0.29, 0.717) is 5.25 Å². The fraction of sp³-hybridized carbons (Fsp3) is 0.611. The number of nitrogens with one attached hydrogen (secondary N) is 1. The number of aromatic nitrogens is 2. The summed E-state index contributed by atoms with van der Waals surface area (Å²) < 4.78 is 0. The number of aromatic amines is 1. The molecule has 3 rings (SSSR count). The second-order valence-corrected chi connectivity index (χ2v) is 8.23. The predicted octanol–water partition coefficient (Wildman–Crippen LogP) is 3.58. The number of piperazine rings is 1. The van der Waals surface area contributed by atoms with E-state index < -0.39 is 0 Å². The number of thioether (sulfide) groups is 1. The third-order valence-electron chi connectivity index (χ3n) is 4.88. The van der Waals surface area contributed by atoms with E-state index in [-0.39, 0.29) is 0 Å². The molecule has 0 spiro atoms. The zero-order valence-corrected chi connectivity index (χ0v) is 16.7. The molecule has 0 unspecified atom stereocenters. The third kappa shape index (κ3) is 4.42. The van der Waals surface area contributed by atoms with Crippen LogP contribution < -0.4 is 10.6 Å². The summed E-state index contributed by atoms with van der Waals surface area (Å²) in [6, 6.07) is 4.14. The molecule has 3 N–H and O–H groups in total. The highest BCUT2D eigenvalue weighted by molar-refractivity contribution is 7.99. The molecule has 5 nitrogen and oxygen atoms in total. The highest BCUT2D eigenvalue weighted by Gasteiger charge is 2.20. The summed E-state index contributed by atoms with van der Waals surface area (Å²) in [6.07, 6.45) is 2.30. The van der Waals surface area contributed by atoms with E-state index >= 15 is 0 Å². The Labute approximate surface area is 159 Å². The number of hydrogen-bond acceptors (Lipinski definition) is 5. The van der Waals surface area contributed by atoms with Gasteiger partial charge >= 0.3 is 0 Å². The molecule has 1 fully saturated rings. The number of H-pyrrole nitrogens is 1. The standard InChI is InChI=1S/C18H28ClN5S/c1-3-13(4-2)25-18-21-15-11-14(19)17(12-16(15)22-18)24-9-7-23(6-5-20)8-10-24/h11-13H,3-10,20H2,1-2H3,(H,21,22). The Balaban J connectivity index is 1.77. The second-order valence-electron chi connectivity index (χ2n) is 6.54. The molecule has 0 bridgehead atoms. The molecular formula is C18H28ClN5S. The van der Waals surface area contributed by atoms with Crippen molar-refractivity contribution in [1.29, 1.82) is 0 Å². The zero-order valence-electron chi connectivity index (χ0n) is 15.1. The van der Waals surface area contributed by atoms with E-state index in [4.69, 9.17) is 22.3 Å². The van der Waals surface area contributed by atoms with Gasteiger partial charge in [-0.3, -0.25) is 4.90 Å². The number of fused-ring (bicyclic) bond motifs is 1. The smallest absolute Gasteiger partial charge is 0.166 e. The number of anilines is 1. The zero-order chi connectivity index (χ0) is 17.8. The average molecular weight is 382 g/mol. The molecule has 1 aliphatic rings. The van der Waals surface area contributed by atoms with Crippen LogP contribution in [0, 0.1) is 0 Å². The van der Waals surface area contributed by atoms with Gasteiger partial charge in [0.05, 0.1) is 21.7 Å². The number of benzene rings is 1. The molecule has 2 heterocycles. The molecule has 1 saturated heterocycles. The number of nitrogens with two attached hydrogens (primary N) is 1. The molecule has 138 valence electrons. The first-order chi connectivity index (χ1) is 12.1. The maximum atomic E-state index is 6.57. The first-order valence-electron chi connectivity index (χ1n) is 9.17. The lowest BCUT2D eigenvalue weighted by Crippen LogP contribution is -2.47. The maximum Gasteiger partial charge on any atom is 0.166 e. The van der Waals surface area contributed by atoms with Gasteiger partial charge in [-0.1, -0.05) is 37.2 Å². The minimum atomic E-state index is 0.603. The highest BCUT2D eigenvalue weighted by atomic mass is 35.5. The maximum absolute atomic E-state index is 6.57. The molecule has 2 aromatic rings. The van der Waals surface area contributed by atoms with Crippen LogP contribution in [0.5, 0.6) is 0 Å². The van der Waals surface area contributed by atoms with Crippen molar-refractivity contribution < 1.29 is 0 Å². The SMILES string of the molecule is CCC(CC)Sc1nc2cc(N3CCN(CCN)CC3)c(Cl)cc2[nH]1. The number of hydrogen-bond donors (Lipinski definition) is 2. The normalized spacial score (nSPS) is 16.3. The lowest BCUT2D eigenvalue weighted by atomic mass is 10.2. The van der Waals surface area contributed by atoms with Crippen LogP contribution >= 0.6 is 23.4 Å². The van der Waals surface area contributed by atoms with E-state index in [9.17, 15) is 0 Å². The van der Waals surface area contributed by atoms with Crippen molar-refractivity contribution in [1.82, 2.24) is 14.9 Å². The summed E-state index contributed by atoms with van der Waals surface area (Å²) in [5, 5.41) is 2.39. The Hall–Kier alpha value is -0.950. The van der Waals surface area contributed by atoms with Crippen molar-refractivity contribution in [3.8, 4) is 0 Å². The first kappa shape index (κ1) is 18.8. The fourth-order valence-corrected chi connectivity index (χ4v) is 4.55. The third-order valence-corrected chi connectivity index (χ3v) is 6.60. The van der Waals surface area contributed by atoms with Gasteiger partial charge in [-0.05, 0) is 25.0 Å². The van der Waals surface area contributed by atoms with Gasteiger partial charge in [-0.15, -0.1) is 0 Å². The minimum absolute atomic E-state index is 0.603. The molecule has 0 amide bonds. The van der Waals surface area contributed by atoms with Gasteiger partial charge in [0.1, 0.15) is 0 Å². The molecule has 7 heteroatoms. The Morgan fingerprint density at radius 3 is 2.60 bits per heavy atom. The molecule has 0 atom stereocenters. The van der Waals surface area contributed by atoms with Crippen LogP contribution in [0.2, 0.25) is 5.02 Å². The number of halogens is 1. The van der Waals surface area contributed by atoms with E-state index in [0.717, 1.165) is 79.0 Å². The topological polar surface area (TPSA) is 61.2 Å². The van der Waals surface area contributed by atoms with Crippen LogP contribution in [0.1, 0.15) is 26.7 Å². The summed E-state index contributed by atoms with van der Waals surface area (Å²) >= 11 is 8.40. The number of nitrogens with zero attached hydrogens (tertiary/aromatic N) is 3. The van der Waals surface area contributed by atoms with Crippen LogP contribution in [0.25, 0.3) is 11.0 Å². The van der Waals surface area contributed by atoms with Crippen LogP contribution in [-0.2, 0) is 0 Å². The Morgan fingerprint density at radius 2 is 1.96 bits per heavy atom. The van der Waals surface area contributed by atoms with Gasteiger partial charge in [-0.25, -0.2) is 4.98 Å². The molecule has 0 saturated carbocycles. The van der Waals surface area contributed by atoms with Gasteiger partial charge in [0.15, 0.2) is 5.16 Å². The van der Waals surface area contributed by atoms with E-state index in [1.165, 1.54) is 0 Å². The van der Waals surface area contributed by atoms with Gasteiger partial charge in [0, 0.05) is 44.5 Å². The van der Waals surface area contributed by atoms with Gasteiger partial charge in [-0.2, -0.15) is 0 Å². The lowest BCUT2D eigenvalue weighted by Gasteiger charge is -2.36. The summed E-state index contributed by atoms with van der Waals surface area (Å²) in [7, 11) is 0. The van der Waals surface area contributed by atoms with Crippen molar-refractivity contribution in [2.24, 2.45) is 5.73 Å². The largest absolute Gasteiger partial charge is 0.368 e. The minimum Gasteiger partial charge on any atom is -0.368 e. The highest BCUT2D eigenvalue weighted by Crippen LogP contribution is 2.33. The van der Waals surface area contributed by atoms with Crippen LogP contribution in [0.4, 0.5) is 5.69 Å². The number of rotatable bonds is 7. The molecule has 0 aliphatic carbocycles. The number of imidazole rings is 1. The van der Waals surface area contributed by atoms with Crippen molar-refractivity contribution in [3.63, 3.8) is 0 Å². The molecule has 1 aliphatic heterocycles. The Morgan fingerprint density at radius 1 is 1.24 bits per heavy atom. The van der Waals surface area contributed by atoms with Gasteiger partial charge < -0.3 is 15.6 Å². The predicted molar refractivity (Wildman–Crippen MR) is 109 cm³/mol. The summed E-state index contributed by atoms with van der Waals surface area (Å²) in [6.45, 7) is 10.2. The van der Waals surface area contributed by atoms with Crippen molar-refractivity contribution in [2.75, 3.05) is 44.2 Å². The lowest BCUT2D eigenvalue weighted by molar-refractivity contribution is 0.265. The fourth-order valence-electron chi connectivity index (χ4n) is 3.30. The van der Waals surface area contributed by atoms with Crippen LogP contribution in [0.3, 0.4) is 0 Å². The van der Waals surface area contributed by atoms with Gasteiger partial charge in [0.2, 0.25) is 0 Å². The molecule has 25 heavy (non-hydrogen) atoms. The summed E-state index contributed by atoms with van der Waals surface area (Å²) in [5.41, 5.74) is 8.76. The summed E-state index contributed by atoms with van der Waals surface area (Å²) in [5.74, 6) is 0. The molecular weight excluding hydrogens is 354 g/mol. The van der Waals surface area contributed by atoms with Crippen LogP contribution in [-0.4, -0.2) is 59.4 Å². The second kappa shape index (κ2) is 8.62. The van der Waals surface area contributed by atoms with E-state index in [1.54, 1.807) is 0 Å².